The number of hydrogen-bond acceptors (Lipinski definition) is 6. The molecule has 3 atom stereocenters. The molecule has 0 aromatic rings. The predicted octanol–water partition coefficient (Wildman–Crippen LogP) is 5.85. The van der Waals surface area contributed by atoms with Gasteiger partial charge in [-0.05, 0) is 0 Å². The van der Waals surface area contributed by atoms with Gasteiger partial charge in [-0.1, -0.05) is 62.3 Å². The van der Waals surface area contributed by atoms with Crippen LogP contribution in [-0.4, -0.2) is 140 Å². The minimum atomic E-state index is -2.65. The molecule has 0 heterocycles. The molecule has 0 aliphatic rings. The average Bonchev–Trinajstić information content (AvgIpc) is 2.84. The zero-order chi connectivity index (χ0) is 33.4. The van der Waals surface area contributed by atoms with Gasteiger partial charge in [0.05, 0.1) is 0 Å². The summed E-state index contributed by atoms with van der Waals surface area (Å²) in [6.45, 7) is 19.5. The Hall–Kier alpha value is 2.20. The zero-order valence-corrected chi connectivity index (χ0v) is 35.0. The van der Waals surface area contributed by atoms with E-state index in [1.54, 1.807) is 62.3 Å². The first-order valence-corrected chi connectivity index (χ1v) is 25.8. The standard InChI is InChI=1S/3C4H11O2P.3C3H9O2P.2Al/c3*1-3-7(5,6)4-2;3*1-3-6(2,4)5;;/h3*3-4H2,1-2H3,(H,5,6);3*3H2,1-2H3,(H,4,5);;/q;;;;;;2*+3. The van der Waals surface area contributed by atoms with Crippen LogP contribution in [0.2, 0.25) is 0 Å². The Balaban J connectivity index is -0.0000000527. The summed E-state index contributed by atoms with van der Waals surface area (Å²) in [6.07, 6.45) is 3.58. The van der Waals surface area contributed by atoms with Gasteiger partial charge in [0.25, 0.3) is 0 Å². The molecule has 0 rings (SSSR count). The summed E-state index contributed by atoms with van der Waals surface area (Å²) in [4.78, 5) is 51.2. The van der Waals surface area contributed by atoms with Crippen molar-refractivity contribution in [1.29, 1.82) is 0 Å². The zero-order valence-electron chi connectivity index (χ0n) is 27.3. The van der Waals surface area contributed by atoms with Gasteiger partial charge in [0.1, 0.15) is 0 Å². The molecule has 3 unspecified atom stereocenters. The third-order valence-corrected chi connectivity index (χ3v) is 14.2. The van der Waals surface area contributed by atoms with E-state index in [2.05, 4.69) is 0 Å². The molecule has 0 aliphatic heterocycles. The van der Waals surface area contributed by atoms with E-state index in [-0.39, 0.29) is 34.7 Å². The molecule has 20 heteroatoms. The molecule has 0 saturated carbocycles. The molecule has 0 amide bonds. The number of rotatable bonds is 9. The molecule has 0 bridgehead atoms. The molecule has 0 fully saturated rings. The second-order valence-electron chi connectivity index (χ2n) is 8.54. The monoisotopic (exact) mass is 744 g/mol. The smallest absolute Gasteiger partial charge is 0.344 e. The fourth-order valence-corrected chi connectivity index (χ4v) is 2.01. The van der Waals surface area contributed by atoms with E-state index in [4.69, 9.17) is 29.4 Å². The van der Waals surface area contributed by atoms with Crippen molar-refractivity contribution in [2.45, 2.75) is 62.3 Å². The minimum Gasteiger partial charge on any atom is -0.344 e. The number of hydrogen-bond donors (Lipinski definition) is 6. The van der Waals surface area contributed by atoms with Crippen LogP contribution in [0.25, 0.3) is 0 Å². The van der Waals surface area contributed by atoms with E-state index < -0.39 is 44.2 Å². The molecule has 0 aromatic heterocycles. The average molecular weight is 745 g/mol. The maximum atomic E-state index is 10.5. The van der Waals surface area contributed by atoms with Crippen LogP contribution in [-0.2, 0) is 27.4 Å². The molecule has 12 nitrogen and oxygen atoms in total. The van der Waals surface area contributed by atoms with Crippen LogP contribution in [0.1, 0.15) is 62.3 Å². The Bertz CT molecular complexity index is 723. The van der Waals surface area contributed by atoms with Gasteiger partial charge in [0.2, 0.25) is 0 Å². The molecule has 41 heavy (non-hydrogen) atoms. The molecule has 246 valence electrons. The van der Waals surface area contributed by atoms with E-state index in [9.17, 15) is 27.4 Å². The fourth-order valence-electron chi connectivity index (χ4n) is 0.671. The van der Waals surface area contributed by atoms with Gasteiger partial charge in [-0.3, -0.25) is 27.4 Å². The first kappa shape index (κ1) is 62.1. The van der Waals surface area contributed by atoms with Crippen molar-refractivity contribution in [3.63, 3.8) is 0 Å². The van der Waals surface area contributed by atoms with Gasteiger partial charge in [0.15, 0.2) is 44.2 Å². The quantitative estimate of drug-likeness (QED) is 0.121. The van der Waals surface area contributed by atoms with Crippen LogP contribution < -0.4 is 0 Å². The second-order valence-corrected chi connectivity index (χ2v) is 25.6. The summed E-state index contributed by atoms with van der Waals surface area (Å²) >= 11 is 0. The van der Waals surface area contributed by atoms with E-state index in [1.807, 2.05) is 0 Å². The van der Waals surface area contributed by atoms with Gasteiger partial charge in [-0.25, -0.2) is 0 Å². The summed E-state index contributed by atoms with van der Waals surface area (Å²) < 4.78 is 61.9. The van der Waals surface area contributed by atoms with Crippen molar-refractivity contribution < 1.29 is 56.8 Å². The van der Waals surface area contributed by atoms with Crippen LogP contribution >= 0.6 is 44.2 Å². The van der Waals surface area contributed by atoms with Crippen LogP contribution in [0.15, 0.2) is 0 Å². The Morgan fingerprint density at radius 2 is 0.390 bits per heavy atom. The third kappa shape index (κ3) is 80.0. The largest absolute Gasteiger partial charge is 3.00 e. The molecular formula is C21H60Al2O12P6+6. The summed E-state index contributed by atoms with van der Waals surface area (Å²) in [5.74, 6) is 0. The topological polar surface area (TPSA) is 224 Å². The minimum absolute atomic E-state index is 0. The van der Waals surface area contributed by atoms with Crippen LogP contribution in [0.5, 0.6) is 0 Å². The van der Waals surface area contributed by atoms with Crippen molar-refractivity contribution in [2.75, 3.05) is 75.5 Å². The van der Waals surface area contributed by atoms with E-state index in [0.717, 1.165) is 0 Å². The Labute approximate surface area is 272 Å². The maximum absolute atomic E-state index is 10.5. The van der Waals surface area contributed by atoms with Crippen LogP contribution in [0.3, 0.4) is 0 Å². The third-order valence-electron chi connectivity index (χ3n) is 4.73. The van der Waals surface area contributed by atoms with Crippen LogP contribution in [0, 0.1) is 0 Å². The van der Waals surface area contributed by atoms with Crippen molar-refractivity contribution in [3.8, 4) is 0 Å². The van der Waals surface area contributed by atoms with Gasteiger partial charge < -0.3 is 29.4 Å². The maximum Gasteiger partial charge on any atom is 3.00 e. The van der Waals surface area contributed by atoms with E-state index in [1.165, 1.54) is 20.0 Å². The molecule has 0 saturated heterocycles. The summed E-state index contributed by atoms with van der Waals surface area (Å²) in [7, 11) is -15.9. The Kier molecular flexibility index (Phi) is 48.7. The summed E-state index contributed by atoms with van der Waals surface area (Å²) in [5, 5.41) is 0. The van der Waals surface area contributed by atoms with Crippen molar-refractivity contribution in [1.82, 2.24) is 0 Å². The first-order valence-electron chi connectivity index (χ1n) is 12.8. The molecule has 0 radical (unpaired) electrons. The van der Waals surface area contributed by atoms with Gasteiger partial charge in [-0.2, -0.15) is 0 Å². The molecule has 0 aliphatic carbocycles. The summed E-state index contributed by atoms with van der Waals surface area (Å²) in [6, 6.07) is 0. The molecule has 0 spiro atoms. The van der Waals surface area contributed by atoms with E-state index in [0.29, 0.717) is 55.5 Å². The van der Waals surface area contributed by atoms with E-state index >= 15 is 0 Å². The van der Waals surface area contributed by atoms with Crippen molar-refractivity contribution >= 4 is 78.9 Å². The Morgan fingerprint density at radius 3 is 0.390 bits per heavy atom. The van der Waals surface area contributed by atoms with Crippen molar-refractivity contribution in [3.05, 3.63) is 0 Å². The van der Waals surface area contributed by atoms with Gasteiger partial charge in [0, 0.05) is 75.5 Å². The molecular weight excluding hydrogens is 684 g/mol. The predicted molar refractivity (Wildman–Crippen MR) is 183 cm³/mol. The normalized spacial score (nSPS) is 14.8. The summed E-state index contributed by atoms with van der Waals surface area (Å²) in [5.41, 5.74) is 0. The first-order chi connectivity index (χ1) is 17.0. The van der Waals surface area contributed by atoms with Crippen LogP contribution in [0.4, 0.5) is 0 Å². The SMILES string of the molecule is CCP(=O)(O)CC.CCP(=O)(O)CC.CCP(=O)(O)CC.CCP(C)(=O)O.CCP(C)(=O)O.CCP(C)(=O)O.[Al+3].[Al+3]. The van der Waals surface area contributed by atoms with Crippen molar-refractivity contribution in [2.24, 2.45) is 0 Å². The van der Waals surface area contributed by atoms with Gasteiger partial charge >= 0.3 is 34.7 Å². The second kappa shape index (κ2) is 32.2. The molecule has 6 N–H and O–H groups in total. The Morgan fingerprint density at radius 1 is 0.317 bits per heavy atom. The fraction of sp³-hybridized carbons (Fsp3) is 1.00. The molecule has 0 aromatic carbocycles. The van der Waals surface area contributed by atoms with Gasteiger partial charge in [-0.15, -0.1) is 0 Å².